The van der Waals surface area contributed by atoms with Crippen LogP contribution in [0.3, 0.4) is 0 Å². The maximum atomic E-state index is 3.42. The summed E-state index contributed by atoms with van der Waals surface area (Å²) in [5.41, 5.74) is 1.46. The van der Waals surface area contributed by atoms with Crippen LogP contribution < -0.4 is 5.32 Å². The van der Waals surface area contributed by atoms with Gasteiger partial charge in [0.25, 0.3) is 0 Å². The van der Waals surface area contributed by atoms with Crippen LogP contribution in [0.1, 0.15) is 12.0 Å². The lowest BCUT2D eigenvalue weighted by atomic mass is 10.3. The number of hydrogen-bond donors (Lipinski definition) is 1. The predicted octanol–water partition coefficient (Wildman–Crippen LogP) is 1.54. The molecule has 1 aliphatic rings. The van der Waals surface area contributed by atoms with Crippen LogP contribution in [0, 0.1) is 0 Å². The van der Waals surface area contributed by atoms with Crippen molar-refractivity contribution in [1.82, 2.24) is 10.2 Å². The van der Waals surface area contributed by atoms with Gasteiger partial charge in [-0.1, -0.05) is 0 Å². The molecule has 0 unspecified atom stereocenters. The highest BCUT2D eigenvalue weighted by atomic mass is 32.1. The normalized spacial score (nSPS) is 20.0. The fraction of sp³-hybridized carbons (Fsp3) is 0.600. The Bertz CT molecular complexity index is 225. The highest BCUT2D eigenvalue weighted by molar-refractivity contribution is 7.07. The molecule has 0 atom stereocenters. The van der Waals surface area contributed by atoms with E-state index in [4.69, 9.17) is 0 Å². The molecule has 0 amide bonds. The van der Waals surface area contributed by atoms with Gasteiger partial charge in [-0.3, -0.25) is 4.90 Å². The van der Waals surface area contributed by atoms with Crippen molar-refractivity contribution in [1.29, 1.82) is 0 Å². The molecule has 1 aromatic heterocycles. The summed E-state index contributed by atoms with van der Waals surface area (Å²) in [7, 11) is 0. The zero-order chi connectivity index (χ0) is 8.93. The van der Waals surface area contributed by atoms with Gasteiger partial charge in [0.15, 0.2) is 0 Å². The van der Waals surface area contributed by atoms with Gasteiger partial charge in [0.1, 0.15) is 0 Å². The molecular formula is C10H16N2S. The van der Waals surface area contributed by atoms with Gasteiger partial charge >= 0.3 is 0 Å². The smallest absolute Gasteiger partial charge is 0.0242 e. The van der Waals surface area contributed by atoms with Crippen LogP contribution in [0.4, 0.5) is 0 Å². The number of rotatable bonds is 2. The second-order valence-electron chi connectivity index (χ2n) is 3.51. The highest BCUT2D eigenvalue weighted by Crippen LogP contribution is 2.09. The van der Waals surface area contributed by atoms with Gasteiger partial charge in [0.2, 0.25) is 0 Å². The van der Waals surface area contributed by atoms with Gasteiger partial charge in [-0.2, -0.15) is 11.3 Å². The Hall–Kier alpha value is -0.380. The van der Waals surface area contributed by atoms with E-state index in [-0.39, 0.29) is 0 Å². The predicted molar refractivity (Wildman–Crippen MR) is 57.1 cm³/mol. The summed E-state index contributed by atoms with van der Waals surface area (Å²) in [4.78, 5) is 2.53. The van der Waals surface area contributed by atoms with Crippen LogP contribution in [0.15, 0.2) is 16.8 Å². The minimum Gasteiger partial charge on any atom is -0.315 e. The van der Waals surface area contributed by atoms with Crippen LogP contribution in [0.2, 0.25) is 0 Å². The Morgan fingerprint density at radius 1 is 1.38 bits per heavy atom. The van der Waals surface area contributed by atoms with Crippen molar-refractivity contribution < 1.29 is 0 Å². The van der Waals surface area contributed by atoms with Crippen molar-refractivity contribution in [2.24, 2.45) is 0 Å². The maximum absolute atomic E-state index is 3.42. The molecule has 72 valence electrons. The Morgan fingerprint density at radius 3 is 3.23 bits per heavy atom. The van der Waals surface area contributed by atoms with E-state index in [1.54, 1.807) is 11.3 Å². The fourth-order valence-electron chi connectivity index (χ4n) is 1.70. The summed E-state index contributed by atoms with van der Waals surface area (Å²) in [5.74, 6) is 0. The average Bonchev–Trinajstić information content (AvgIpc) is 2.49. The van der Waals surface area contributed by atoms with E-state index in [9.17, 15) is 0 Å². The minimum atomic E-state index is 1.13. The van der Waals surface area contributed by atoms with Crippen LogP contribution >= 0.6 is 11.3 Å². The molecule has 0 spiro atoms. The van der Waals surface area contributed by atoms with Crippen molar-refractivity contribution in [3.63, 3.8) is 0 Å². The quantitative estimate of drug-likeness (QED) is 0.772. The second-order valence-corrected chi connectivity index (χ2v) is 4.29. The summed E-state index contributed by atoms with van der Waals surface area (Å²) >= 11 is 1.79. The molecule has 1 aliphatic heterocycles. The van der Waals surface area contributed by atoms with Gasteiger partial charge < -0.3 is 5.32 Å². The van der Waals surface area contributed by atoms with E-state index in [1.807, 2.05) is 0 Å². The summed E-state index contributed by atoms with van der Waals surface area (Å²) in [6.07, 6.45) is 1.28. The molecule has 0 bridgehead atoms. The van der Waals surface area contributed by atoms with Crippen LogP contribution in [-0.2, 0) is 6.54 Å². The Balaban J connectivity index is 1.86. The minimum absolute atomic E-state index is 1.13. The van der Waals surface area contributed by atoms with Gasteiger partial charge in [0.05, 0.1) is 0 Å². The molecule has 1 fully saturated rings. The maximum Gasteiger partial charge on any atom is 0.0242 e. The first-order valence-corrected chi connectivity index (χ1v) is 5.83. The first-order chi connectivity index (χ1) is 6.45. The second kappa shape index (κ2) is 4.74. The molecule has 0 saturated carbocycles. The molecule has 1 saturated heterocycles. The van der Waals surface area contributed by atoms with E-state index in [0.717, 1.165) is 13.1 Å². The largest absolute Gasteiger partial charge is 0.315 e. The Morgan fingerprint density at radius 2 is 2.38 bits per heavy atom. The summed E-state index contributed by atoms with van der Waals surface area (Å²) in [6.45, 7) is 5.88. The van der Waals surface area contributed by atoms with E-state index in [0.29, 0.717) is 0 Å². The van der Waals surface area contributed by atoms with E-state index >= 15 is 0 Å². The average molecular weight is 196 g/mol. The standard InChI is InChI=1S/C10H16N2S/c1-3-11-4-6-12(5-1)8-10-2-7-13-9-10/h2,7,9,11H,1,3-6,8H2. The molecule has 2 rings (SSSR count). The SMILES string of the molecule is c1cc(CN2CCCNCC2)cs1. The Labute approximate surface area is 83.6 Å². The topological polar surface area (TPSA) is 15.3 Å². The first kappa shape index (κ1) is 9.19. The van der Waals surface area contributed by atoms with Crippen LogP contribution in [0.5, 0.6) is 0 Å². The van der Waals surface area contributed by atoms with Gasteiger partial charge in [-0.15, -0.1) is 0 Å². The lowest BCUT2D eigenvalue weighted by Crippen LogP contribution is -2.27. The van der Waals surface area contributed by atoms with Crippen molar-refractivity contribution in [3.05, 3.63) is 22.4 Å². The lowest BCUT2D eigenvalue weighted by molar-refractivity contribution is 0.285. The molecular weight excluding hydrogens is 180 g/mol. The fourth-order valence-corrected chi connectivity index (χ4v) is 2.36. The van der Waals surface area contributed by atoms with Crippen molar-refractivity contribution in [2.45, 2.75) is 13.0 Å². The number of thiophene rings is 1. The van der Waals surface area contributed by atoms with Crippen LogP contribution in [-0.4, -0.2) is 31.1 Å². The molecule has 1 N–H and O–H groups in total. The monoisotopic (exact) mass is 196 g/mol. The van der Waals surface area contributed by atoms with Gasteiger partial charge in [-0.25, -0.2) is 0 Å². The highest BCUT2D eigenvalue weighted by Gasteiger charge is 2.08. The number of hydrogen-bond acceptors (Lipinski definition) is 3. The molecule has 0 aromatic carbocycles. The molecule has 3 heteroatoms. The lowest BCUT2D eigenvalue weighted by Gasteiger charge is -2.18. The summed E-state index contributed by atoms with van der Waals surface area (Å²) < 4.78 is 0. The third kappa shape index (κ3) is 2.79. The molecule has 2 heterocycles. The molecule has 0 radical (unpaired) electrons. The van der Waals surface area contributed by atoms with E-state index < -0.39 is 0 Å². The zero-order valence-corrected chi connectivity index (χ0v) is 8.65. The zero-order valence-electron chi connectivity index (χ0n) is 7.83. The molecule has 13 heavy (non-hydrogen) atoms. The van der Waals surface area contributed by atoms with Crippen molar-refractivity contribution >= 4 is 11.3 Å². The van der Waals surface area contributed by atoms with Crippen LogP contribution in [0.25, 0.3) is 0 Å². The van der Waals surface area contributed by atoms with E-state index in [1.165, 1.54) is 31.6 Å². The number of nitrogens with one attached hydrogen (secondary N) is 1. The van der Waals surface area contributed by atoms with Crippen molar-refractivity contribution in [3.8, 4) is 0 Å². The Kier molecular flexibility index (Phi) is 3.35. The van der Waals surface area contributed by atoms with Crippen molar-refractivity contribution in [2.75, 3.05) is 26.2 Å². The number of nitrogens with zero attached hydrogens (tertiary/aromatic N) is 1. The summed E-state index contributed by atoms with van der Waals surface area (Å²) in [5, 5.41) is 7.82. The molecule has 0 aliphatic carbocycles. The van der Waals surface area contributed by atoms with Gasteiger partial charge in [-0.05, 0) is 41.9 Å². The molecule has 2 nitrogen and oxygen atoms in total. The summed E-state index contributed by atoms with van der Waals surface area (Å²) in [6, 6.07) is 2.23. The molecule has 1 aromatic rings. The third-order valence-electron chi connectivity index (χ3n) is 2.42. The van der Waals surface area contributed by atoms with E-state index in [2.05, 4.69) is 27.0 Å². The first-order valence-electron chi connectivity index (χ1n) is 4.89. The third-order valence-corrected chi connectivity index (χ3v) is 3.15. The van der Waals surface area contributed by atoms with Gasteiger partial charge in [0, 0.05) is 19.6 Å².